The van der Waals surface area contributed by atoms with E-state index < -0.39 is 0 Å². The van der Waals surface area contributed by atoms with Crippen LogP contribution in [0.5, 0.6) is 0 Å². The summed E-state index contributed by atoms with van der Waals surface area (Å²) in [5.74, 6) is 0.868. The molecular formula is C16H12Cl2N4O2. The van der Waals surface area contributed by atoms with Crippen LogP contribution in [0.1, 0.15) is 16.2 Å². The fourth-order valence-electron chi connectivity index (χ4n) is 1.97. The van der Waals surface area contributed by atoms with Crippen molar-refractivity contribution in [1.29, 1.82) is 0 Å². The van der Waals surface area contributed by atoms with Gasteiger partial charge < -0.3 is 15.2 Å². The van der Waals surface area contributed by atoms with E-state index in [-0.39, 0.29) is 11.6 Å². The van der Waals surface area contributed by atoms with E-state index in [0.717, 1.165) is 0 Å². The van der Waals surface area contributed by atoms with Gasteiger partial charge in [-0.15, -0.1) is 0 Å². The zero-order valence-electron chi connectivity index (χ0n) is 12.5. The highest BCUT2D eigenvalue weighted by atomic mass is 35.5. The standard InChI is InChI=1S/C16H12Cl2N4O2/c1-9-6-15(22-24-9)20-11-4-5-19-14(8-11)16(23)21-10-2-3-12(17)13(18)7-10/h2-8H,1H3,(H,21,23)(H,19,20,22). The number of rotatable bonds is 4. The molecule has 1 amide bonds. The molecule has 0 atom stereocenters. The molecule has 3 rings (SSSR count). The lowest BCUT2D eigenvalue weighted by Crippen LogP contribution is -2.13. The van der Waals surface area contributed by atoms with Gasteiger partial charge in [-0.2, -0.15) is 0 Å². The van der Waals surface area contributed by atoms with E-state index >= 15 is 0 Å². The molecule has 2 N–H and O–H groups in total. The minimum atomic E-state index is -0.367. The maximum Gasteiger partial charge on any atom is 0.274 e. The summed E-state index contributed by atoms with van der Waals surface area (Å²) in [7, 11) is 0. The van der Waals surface area contributed by atoms with Crippen LogP contribution in [-0.4, -0.2) is 16.0 Å². The van der Waals surface area contributed by atoms with Crippen LogP contribution in [0.4, 0.5) is 17.2 Å². The summed E-state index contributed by atoms with van der Waals surface area (Å²) < 4.78 is 4.98. The van der Waals surface area contributed by atoms with Crippen molar-refractivity contribution in [2.45, 2.75) is 6.92 Å². The first-order valence-corrected chi connectivity index (χ1v) is 7.69. The Balaban J connectivity index is 1.75. The summed E-state index contributed by atoms with van der Waals surface area (Å²) in [6, 6.07) is 9.92. The van der Waals surface area contributed by atoms with Crippen molar-refractivity contribution in [3.05, 3.63) is 64.1 Å². The number of benzene rings is 1. The van der Waals surface area contributed by atoms with Crippen molar-refractivity contribution in [1.82, 2.24) is 10.1 Å². The SMILES string of the molecule is Cc1cc(Nc2ccnc(C(=O)Nc3ccc(Cl)c(Cl)c3)c2)no1. The predicted molar refractivity (Wildman–Crippen MR) is 93.2 cm³/mol. The third-order valence-electron chi connectivity index (χ3n) is 3.07. The third-order valence-corrected chi connectivity index (χ3v) is 3.81. The molecule has 0 aliphatic heterocycles. The van der Waals surface area contributed by atoms with Gasteiger partial charge in [0.1, 0.15) is 11.5 Å². The molecule has 122 valence electrons. The minimum absolute atomic E-state index is 0.242. The lowest BCUT2D eigenvalue weighted by Gasteiger charge is -2.07. The Morgan fingerprint density at radius 3 is 2.62 bits per heavy atom. The van der Waals surface area contributed by atoms with Crippen LogP contribution >= 0.6 is 23.2 Å². The molecule has 0 saturated carbocycles. The molecule has 1 aromatic carbocycles. The van der Waals surface area contributed by atoms with E-state index in [1.807, 2.05) is 0 Å². The molecule has 2 heterocycles. The number of nitrogens with zero attached hydrogens (tertiary/aromatic N) is 2. The first kappa shape index (κ1) is 16.3. The van der Waals surface area contributed by atoms with E-state index in [4.69, 9.17) is 27.7 Å². The van der Waals surface area contributed by atoms with Gasteiger partial charge in [0.25, 0.3) is 5.91 Å². The topological polar surface area (TPSA) is 80.0 Å². The number of hydrogen-bond acceptors (Lipinski definition) is 5. The molecular weight excluding hydrogens is 351 g/mol. The lowest BCUT2D eigenvalue weighted by molar-refractivity contribution is 0.102. The van der Waals surface area contributed by atoms with Gasteiger partial charge in [0.15, 0.2) is 5.82 Å². The summed E-state index contributed by atoms with van der Waals surface area (Å²) in [4.78, 5) is 16.4. The van der Waals surface area contributed by atoms with Crippen LogP contribution in [0.25, 0.3) is 0 Å². The van der Waals surface area contributed by atoms with E-state index in [1.54, 1.807) is 43.3 Å². The van der Waals surface area contributed by atoms with Crippen molar-refractivity contribution in [3.8, 4) is 0 Å². The Hall–Kier alpha value is -2.57. The highest BCUT2D eigenvalue weighted by Gasteiger charge is 2.10. The Labute approximate surface area is 147 Å². The molecule has 0 aliphatic carbocycles. The van der Waals surface area contributed by atoms with Gasteiger partial charge in [0.05, 0.1) is 10.0 Å². The van der Waals surface area contributed by atoms with E-state index in [9.17, 15) is 4.79 Å². The van der Waals surface area contributed by atoms with Crippen molar-refractivity contribution in [3.63, 3.8) is 0 Å². The van der Waals surface area contributed by atoms with Gasteiger partial charge in [0, 0.05) is 23.6 Å². The van der Waals surface area contributed by atoms with Gasteiger partial charge >= 0.3 is 0 Å². The summed E-state index contributed by atoms with van der Waals surface area (Å²) in [5, 5.41) is 10.4. The fraction of sp³-hybridized carbons (Fsp3) is 0.0625. The summed E-state index contributed by atoms with van der Waals surface area (Å²) in [6.07, 6.45) is 1.53. The second-order valence-electron chi connectivity index (χ2n) is 4.96. The Bertz CT molecular complexity index is 895. The average Bonchev–Trinajstić information content (AvgIpc) is 2.96. The number of nitrogens with one attached hydrogen (secondary N) is 2. The second kappa shape index (κ2) is 6.90. The summed E-state index contributed by atoms with van der Waals surface area (Å²) in [6.45, 7) is 1.79. The number of aromatic nitrogens is 2. The second-order valence-corrected chi connectivity index (χ2v) is 5.77. The number of anilines is 3. The number of pyridine rings is 1. The summed E-state index contributed by atoms with van der Waals surface area (Å²) >= 11 is 11.8. The number of amides is 1. The molecule has 0 bridgehead atoms. The van der Waals surface area contributed by atoms with Crippen LogP contribution in [0.2, 0.25) is 10.0 Å². The number of halogens is 2. The molecule has 8 heteroatoms. The van der Waals surface area contributed by atoms with Gasteiger partial charge in [-0.3, -0.25) is 9.78 Å². The highest BCUT2D eigenvalue weighted by molar-refractivity contribution is 6.42. The van der Waals surface area contributed by atoms with Crippen LogP contribution < -0.4 is 10.6 Å². The lowest BCUT2D eigenvalue weighted by atomic mass is 10.2. The maximum absolute atomic E-state index is 12.3. The molecule has 0 unspecified atom stereocenters. The van der Waals surface area contributed by atoms with Crippen LogP contribution in [0.3, 0.4) is 0 Å². The molecule has 6 nitrogen and oxygen atoms in total. The van der Waals surface area contributed by atoms with E-state index in [2.05, 4.69) is 20.8 Å². The Morgan fingerprint density at radius 2 is 1.92 bits per heavy atom. The van der Waals surface area contributed by atoms with Crippen molar-refractivity contribution >= 4 is 46.3 Å². The zero-order valence-corrected chi connectivity index (χ0v) is 14.0. The molecule has 24 heavy (non-hydrogen) atoms. The zero-order chi connectivity index (χ0) is 17.1. The largest absolute Gasteiger partial charge is 0.360 e. The fourth-order valence-corrected chi connectivity index (χ4v) is 2.27. The van der Waals surface area contributed by atoms with Crippen LogP contribution in [0, 0.1) is 6.92 Å². The monoisotopic (exact) mass is 362 g/mol. The quantitative estimate of drug-likeness (QED) is 0.704. The molecule has 0 fully saturated rings. The highest BCUT2D eigenvalue weighted by Crippen LogP contribution is 2.25. The number of aryl methyl sites for hydroxylation is 1. The first-order chi connectivity index (χ1) is 11.5. The Kier molecular flexibility index (Phi) is 4.69. The Morgan fingerprint density at radius 1 is 1.08 bits per heavy atom. The predicted octanol–water partition coefficient (Wildman–Crippen LogP) is 4.68. The van der Waals surface area contributed by atoms with Gasteiger partial charge in [-0.1, -0.05) is 28.4 Å². The average molecular weight is 363 g/mol. The van der Waals surface area contributed by atoms with Crippen molar-refractivity contribution < 1.29 is 9.32 Å². The van der Waals surface area contributed by atoms with Gasteiger partial charge in [0.2, 0.25) is 0 Å². The van der Waals surface area contributed by atoms with Crippen molar-refractivity contribution in [2.24, 2.45) is 0 Å². The summed E-state index contributed by atoms with van der Waals surface area (Å²) in [5.41, 5.74) is 1.44. The normalized spacial score (nSPS) is 10.5. The minimum Gasteiger partial charge on any atom is -0.360 e. The first-order valence-electron chi connectivity index (χ1n) is 6.94. The van der Waals surface area contributed by atoms with Crippen molar-refractivity contribution in [2.75, 3.05) is 10.6 Å². The molecule has 0 aliphatic rings. The smallest absolute Gasteiger partial charge is 0.274 e. The van der Waals surface area contributed by atoms with Crippen LogP contribution in [0.15, 0.2) is 47.1 Å². The molecule has 3 aromatic rings. The van der Waals surface area contributed by atoms with Crippen LogP contribution in [-0.2, 0) is 0 Å². The number of carbonyl (C=O) groups excluding carboxylic acids is 1. The number of hydrogen-bond donors (Lipinski definition) is 2. The van der Waals surface area contributed by atoms with E-state index in [1.165, 1.54) is 6.20 Å². The molecule has 0 spiro atoms. The molecule has 2 aromatic heterocycles. The van der Waals surface area contributed by atoms with Gasteiger partial charge in [-0.05, 0) is 37.3 Å². The third kappa shape index (κ3) is 3.84. The maximum atomic E-state index is 12.3. The van der Waals surface area contributed by atoms with E-state index in [0.29, 0.717) is 33.0 Å². The molecule has 0 saturated heterocycles. The molecule has 0 radical (unpaired) electrons. The van der Waals surface area contributed by atoms with Gasteiger partial charge in [-0.25, -0.2) is 0 Å². The number of carbonyl (C=O) groups is 1.